The molecule has 2 aromatic rings. The summed E-state index contributed by atoms with van der Waals surface area (Å²) in [4.78, 5) is 49.5. The Labute approximate surface area is 326 Å². The Bertz CT molecular complexity index is 1620. The van der Waals surface area contributed by atoms with Crippen LogP contribution in [0.25, 0.3) is 0 Å². The number of halogens is 1. The molecule has 290 valence electrons. The van der Waals surface area contributed by atoms with Gasteiger partial charge in [-0.1, -0.05) is 104 Å². The first kappa shape index (κ1) is 45.0. The van der Waals surface area contributed by atoms with Crippen molar-refractivity contribution in [2.24, 2.45) is 0 Å². The molecule has 0 fully saturated rings. The molecule has 9 nitrogen and oxygen atoms in total. The minimum atomic E-state index is -1.40. The highest BCUT2D eigenvalue weighted by molar-refractivity contribution is 6.30. The average molecular weight is 758 g/mol. The Kier molecular flexibility index (Phi) is 22.2. The molecule has 0 bridgehead atoms. The fraction of sp³-hybridized carbons (Fsp3) is 0.364. The molecule has 1 atom stereocenters. The van der Waals surface area contributed by atoms with Crippen LogP contribution in [0.15, 0.2) is 121 Å². The van der Waals surface area contributed by atoms with E-state index >= 15 is 0 Å². The van der Waals surface area contributed by atoms with Crippen LogP contribution in [0.2, 0.25) is 5.02 Å². The van der Waals surface area contributed by atoms with Gasteiger partial charge in [0.25, 0.3) is 11.8 Å². The minimum absolute atomic E-state index is 0.195. The molecule has 0 aliphatic rings. The lowest BCUT2D eigenvalue weighted by atomic mass is 10.1. The number of hydrogen-bond donors (Lipinski definition) is 4. The van der Waals surface area contributed by atoms with Crippen LogP contribution in [0.1, 0.15) is 88.1 Å². The molecule has 10 heteroatoms. The van der Waals surface area contributed by atoms with Gasteiger partial charge in [-0.15, -0.1) is 0 Å². The van der Waals surface area contributed by atoms with E-state index in [1.807, 2.05) is 24.3 Å². The number of benzene rings is 2. The normalized spacial score (nSPS) is 12.7. The number of allylic oxidation sites excluding steroid dienone is 12. The molecule has 0 aliphatic carbocycles. The van der Waals surface area contributed by atoms with Crippen LogP contribution >= 0.6 is 11.6 Å². The molecule has 0 aromatic heterocycles. The Morgan fingerprint density at radius 1 is 0.741 bits per heavy atom. The molecule has 2 rings (SSSR count). The van der Waals surface area contributed by atoms with E-state index in [4.69, 9.17) is 16.3 Å². The highest BCUT2D eigenvalue weighted by Crippen LogP contribution is 2.20. The summed E-state index contributed by atoms with van der Waals surface area (Å²) in [5.74, 6) is -2.01. The predicted octanol–water partition coefficient (Wildman–Crippen LogP) is 8.63. The zero-order valence-electron chi connectivity index (χ0n) is 31.8. The van der Waals surface area contributed by atoms with Gasteiger partial charge in [-0.3, -0.25) is 14.4 Å². The number of carbonyl (C=O) groups excluding carboxylic acids is 3. The first-order valence-electron chi connectivity index (χ1n) is 18.5. The van der Waals surface area contributed by atoms with E-state index in [1.165, 1.54) is 13.8 Å². The van der Waals surface area contributed by atoms with Gasteiger partial charge >= 0.3 is 5.97 Å². The Hall–Kier alpha value is -5.15. The summed E-state index contributed by atoms with van der Waals surface area (Å²) in [5, 5.41) is 18.2. The number of hydrogen-bond acceptors (Lipinski definition) is 5. The van der Waals surface area contributed by atoms with Crippen LogP contribution in [0, 0.1) is 0 Å². The highest BCUT2D eigenvalue weighted by Gasteiger charge is 2.33. The molecule has 0 spiro atoms. The first-order chi connectivity index (χ1) is 26.0. The van der Waals surface area contributed by atoms with E-state index in [9.17, 15) is 24.3 Å². The third kappa shape index (κ3) is 20.2. The van der Waals surface area contributed by atoms with E-state index in [0.29, 0.717) is 35.7 Å². The van der Waals surface area contributed by atoms with Crippen molar-refractivity contribution in [1.82, 2.24) is 16.0 Å². The van der Waals surface area contributed by atoms with Crippen LogP contribution in [0.5, 0.6) is 5.75 Å². The van der Waals surface area contributed by atoms with E-state index < -0.39 is 23.5 Å². The van der Waals surface area contributed by atoms with E-state index in [1.54, 1.807) is 36.4 Å². The van der Waals surface area contributed by atoms with Crippen molar-refractivity contribution in [2.45, 2.75) is 90.2 Å². The first-order valence-corrected chi connectivity index (χ1v) is 18.9. The van der Waals surface area contributed by atoms with Gasteiger partial charge in [0.05, 0.1) is 0 Å². The number of carboxylic acids is 1. The molecule has 2 aromatic carbocycles. The Morgan fingerprint density at radius 2 is 1.26 bits per heavy atom. The zero-order chi connectivity index (χ0) is 39.4. The van der Waals surface area contributed by atoms with Crippen molar-refractivity contribution >= 4 is 35.3 Å². The van der Waals surface area contributed by atoms with Crippen LogP contribution in [-0.2, 0) is 20.8 Å². The second kappa shape index (κ2) is 26.6. The van der Waals surface area contributed by atoms with Gasteiger partial charge < -0.3 is 25.8 Å². The zero-order valence-corrected chi connectivity index (χ0v) is 32.5. The van der Waals surface area contributed by atoms with Crippen molar-refractivity contribution in [3.05, 3.63) is 138 Å². The number of aliphatic carboxylic acids is 1. The molecular formula is C44H56ClN3O6. The number of carboxylic acid groups (broad SMARTS) is 1. The molecule has 0 saturated carbocycles. The maximum absolute atomic E-state index is 13.0. The lowest BCUT2D eigenvalue weighted by Crippen LogP contribution is -2.55. The monoisotopic (exact) mass is 757 g/mol. The summed E-state index contributed by atoms with van der Waals surface area (Å²) in [6.07, 6.45) is 32.3. The number of ether oxygens (including phenoxy) is 1. The molecule has 3 amide bonds. The number of rotatable bonds is 25. The molecule has 0 saturated heterocycles. The van der Waals surface area contributed by atoms with Gasteiger partial charge in [-0.05, 0) is 107 Å². The quantitative estimate of drug-likeness (QED) is 0.0750. The summed E-state index contributed by atoms with van der Waals surface area (Å²) in [7, 11) is 0. The second-order valence-corrected chi connectivity index (χ2v) is 13.3. The minimum Gasteiger partial charge on any atom is -0.480 e. The third-order valence-corrected chi connectivity index (χ3v) is 8.14. The van der Waals surface area contributed by atoms with Crippen molar-refractivity contribution in [1.29, 1.82) is 0 Å². The van der Waals surface area contributed by atoms with Gasteiger partial charge in [0.2, 0.25) is 5.91 Å². The summed E-state index contributed by atoms with van der Waals surface area (Å²) in [6.45, 7) is 5.36. The third-order valence-electron chi connectivity index (χ3n) is 7.89. The van der Waals surface area contributed by atoms with Gasteiger partial charge in [-0.25, -0.2) is 4.79 Å². The predicted molar refractivity (Wildman–Crippen MR) is 219 cm³/mol. The van der Waals surface area contributed by atoms with Crippen LogP contribution in [0.3, 0.4) is 0 Å². The Morgan fingerprint density at radius 3 is 1.78 bits per heavy atom. The van der Waals surface area contributed by atoms with Crippen molar-refractivity contribution in [3.63, 3.8) is 0 Å². The molecule has 4 N–H and O–H groups in total. The SMILES string of the molecule is CCC=CCC=CCC=CCC=CCC=CCC=CCCC(=O)NCC(NC(=O)C(C)(C)Oc1ccc(CCNC(=O)c2ccc(Cl)cc2)cc1)C(=O)O. The average Bonchev–Trinajstić information content (AvgIpc) is 3.14. The maximum atomic E-state index is 13.0. The van der Waals surface area contributed by atoms with Crippen molar-refractivity contribution in [2.75, 3.05) is 13.1 Å². The Balaban J connectivity index is 1.64. The lowest BCUT2D eigenvalue weighted by molar-refractivity contribution is -0.145. The second-order valence-electron chi connectivity index (χ2n) is 12.9. The van der Waals surface area contributed by atoms with Gasteiger partial charge in [0, 0.05) is 30.1 Å². The molecule has 54 heavy (non-hydrogen) atoms. The summed E-state index contributed by atoms with van der Waals surface area (Å²) in [5.41, 5.74) is 0.0680. The summed E-state index contributed by atoms with van der Waals surface area (Å²) in [6, 6.07) is 12.4. The van der Waals surface area contributed by atoms with Crippen LogP contribution in [-0.4, -0.2) is 53.5 Å². The fourth-order valence-corrected chi connectivity index (χ4v) is 4.91. The molecule has 1 unspecified atom stereocenters. The van der Waals surface area contributed by atoms with Gasteiger partial charge in [0.15, 0.2) is 5.60 Å². The number of amides is 3. The molecular weight excluding hydrogens is 702 g/mol. The maximum Gasteiger partial charge on any atom is 0.328 e. The van der Waals surface area contributed by atoms with Crippen LogP contribution < -0.4 is 20.7 Å². The summed E-state index contributed by atoms with van der Waals surface area (Å²) < 4.78 is 5.89. The molecule has 0 radical (unpaired) electrons. The van der Waals surface area contributed by atoms with Gasteiger partial charge in [0.1, 0.15) is 11.8 Å². The number of nitrogens with one attached hydrogen (secondary N) is 3. The topological polar surface area (TPSA) is 134 Å². The molecule has 0 aliphatic heterocycles. The smallest absolute Gasteiger partial charge is 0.328 e. The van der Waals surface area contributed by atoms with E-state index in [2.05, 4.69) is 83.6 Å². The molecule has 0 heterocycles. The van der Waals surface area contributed by atoms with E-state index in [0.717, 1.165) is 44.1 Å². The standard InChI is InChI=1S/C44H56ClN3O6/c1-4-5-6-7-8-9-10-11-12-13-14-15-16-17-18-19-20-21-22-23-40(49)47-34-39(42(51)52)48-43(53)44(2,3)54-38-30-24-35(25-31-38)32-33-46-41(50)36-26-28-37(45)29-27-36/h5-6,8-9,11-12,14-15,17-18,20-21,24-31,39H,4,7,10,13,16,19,22-23,32-34H2,1-3H3,(H,46,50)(H,47,49)(H,48,53)(H,51,52). The van der Waals surface area contributed by atoms with Crippen LogP contribution in [0.4, 0.5) is 0 Å². The lowest BCUT2D eigenvalue weighted by Gasteiger charge is -2.27. The van der Waals surface area contributed by atoms with Gasteiger partial charge in [-0.2, -0.15) is 0 Å². The number of carbonyl (C=O) groups is 4. The largest absolute Gasteiger partial charge is 0.480 e. The van der Waals surface area contributed by atoms with Crippen molar-refractivity contribution in [3.8, 4) is 5.75 Å². The fourth-order valence-electron chi connectivity index (χ4n) is 4.78. The summed E-state index contributed by atoms with van der Waals surface area (Å²) >= 11 is 5.88. The highest BCUT2D eigenvalue weighted by atomic mass is 35.5. The van der Waals surface area contributed by atoms with Crippen molar-refractivity contribution < 1.29 is 29.0 Å². The van der Waals surface area contributed by atoms with E-state index in [-0.39, 0.29) is 24.8 Å².